The van der Waals surface area contributed by atoms with Gasteiger partial charge in [0.2, 0.25) is 5.91 Å². The molecule has 20 heavy (non-hydrogen) atoms. The summed E-state index contributed by atoms with van der Waals surface area (Å²) in [5.74, 6) is 0.818. The average Bonchev–Trinajstić information content (AvgIpc) is 3.00. The van der Waals surface area contributed by atoms with E-state index in [2.05, 4.69) is 21.6 Å². The zero-order valence-electron chi connectivity index (χ0n) is 12.1. The van der Waals surface area contributed by atoms with Crippen molar-refractivity contribution in [2.75, 3.05) is 33.2 Å². The van der Waals surface area contributed by atoms with Crippen LogP contribution >= 0.6 is 23.7 Å². The van der Waals surface area contributed by atoms with Crippen molar-refractivity contribution in [3.8, 4) is 0 Å². The van der Waals surface area contributed by atoms with E-state index in [1.165, 1.54) is 11.3 Å². The van der Waals surface area contributed by atoms with Gasteiger partial charge in [0, 0.05) is 11.4 Å². The monoisotopic (exact) mass is 317 g/mol. The van der Waals surface area contributed by atoms with Gasteiger partial charge in [0.1, 0.15) is 0 Å². The van der Waals surface area contributed by atoms with Crippen LogP contribution in [0.15, 0.2) is 17.5 Å². The van der Waals surface area contributed by atoms with Crippen molar-refractivity contribution in [1.29, 1.82) is 0 Å². The maximum Gasteiger partial charge on any atom is 0.234 e. The van der Waals surface area contributed by atoms with Gasteiger partial charge in [-0.15, -0.1) is 23.7 Å². The van der Waals surface area contributed by atoms with E-state index in [9.17, 15) is 4.79 Å². The Morgan fingerprint density at radius 2 is 2.40 bits per heavy atom. The minimum absolute atomic E-state index is 0. The molecule has 1 fully saturated rings. The Labute approximate surface area is 131 Å². The zero-order chi connectivity index (χ0) is 13.7. The van der Waals surface area contributed by atoms with Crippen LogP contribution in [0.4, 0.5) is 0 Å². The van der Waals surface area contributed by atoms with Crippen molar-refractivity contribution in [1.82, 2.24) is 15.5 Å². The molecule has 0 aromatic carbocycles. The lowest BCUT2D eigenvalue weighted by Gasteiger charge is -2.18. The van der Waals surface area contributed by atoms with Crippen LogP contribution < -0.4 is 10.6 Å². The summed E-state index contributed by atoms with van der Waals surface area (Å²) in [7, 11) is 1.98. The molecule has 2 heterocycles. The van der Waals surface area contributed by atoms with Crippen molar-refractivity contribution < 1.29 is 4.79 Å². The SMILES string of the molecule is CNCC1CCN(CC(=O)NC(C)c2cccs2)C1.Cl. The Morgan fingerprint density at radius 3 is 3.05 bits per heavy atom. The largest absolute Gasteiger partial charge is 0.348 e. The van der Waals surface area contributed by atoms with Gasteiger partial charge in [0.15, 0.2) is 0 Å². The van der Waals surface area contributed by atoms with Crippen molar-refractivity contribution >= 4 is 29.7 Å². The molecule has 0 bridgehead atoms. The Kier molecular flexibility index (Phi) is 7.51. The Morgan fingerprint density at radius 1 is 1.60 bits per heavy atom. The molecule has 0 spiro atoms. The molecule has 0 saturated carbocycles. The fourth-order valence-electron chi connectivity index (χ4n) is 2.61. The fourth-order valence-corrected chi connectivity index (χ4v) is 3.35. The lowest BCUT2D eigenvalue weighted by Crippen LogP contribution is -2.37. The molecule has 1 aromatic heterocycles. The van der Waals surface area contributed by atoms with Gasteiger partial charge < -0.3 is 10.6 Å². The van der Waals surface area contributed by atoms with E-state index >= 15 is 0 Å². The topological polar surface area (TPSA) is 44.4 Å². The number of likely N-dealkylation sites (tertiary alicyclic amines) is 1. The number of hydrogen-bond acceptors (Lipinski definition) is 4. The highest BCUT2D eigenvalue weighted by atomic mass is 35.5. The second-order valence-electron chi connectivity index (χ2n) is 5.25. The molecule has 2 unspecified atom stereocenters. The van der Waals surface area contributed by atoms with Crippen molar-refractivity contribution in [3.05, 3.63) is 22.4 Å². The van der Waals surface area contributed by atoms with Crippen molar-refractivity contribution in [2.24, 2.45) is 5.92 Å². The molecular weight excluding hydrogens is 294 g/mol. The Bertz CT molecular complexity index is 399. The predicted molar refractivity (Wildman–Crippen MR) is 86.6 cm³/mol. The highest BCUT2D eigenvalue weighted by Gasteiger charge is 2.23. The van der Waals surface area contributed by atoms with Crippen LogP contribution in [0.5, 0.6) is 0 Å². The normalized spacial score (nSPS) is 20.4. The number of hydrogen-bond donors (Lipinski definition) is 2. The quantitative estimate of drug-likeness (QED) is 0.842. The van der Waals surface area contributed by atoms with E-state index in [4.69, 9.17) is 0 Å². The van der Waals surface area contributed by atoms with Crippen LogP contribution in [0.2, 0.25) is 0 Å². The molecule has 6 heteroatoms. The minimum atomic E-state index is 0. The summed E-state index contributed by atoms with van der Waals surface area (Å²) in [4.78, 5) is 15.5. The first-order valence-electron chi connectivity index (χ1n) is 6.88. The van der Waals surface area contributed by atoms with E-state index in [-0.39, 0.29) is 24.4 Å². The Hall–Kier alpha value is -0.620. The summed E-state index contributed by atoms with van der Waals surface area (Å²) in [5, 5.41) is 8.32. The molecule has 1 aromatic rings. The molecule has 2 N–H and O–H groups in total. The number of rotatable bonds is 6. The maximum atomic E-state index is 12.0. The molecular formula is C14H24ClN3OS. The lowest BCUT2D eigenvalue weighted by molar-refractivity contribution is -0.122. The standard InChI is InChI=1S/C14H23N3OS.ClH/c1-11(13-4-3-7-19-13)16-14(18)10-17-6-5-12(9-17)8-15-2;/h3-4,7,11-12,15H,5-6,8-10H2,1-2H3,(H,16,18);1H. The van der Waals surface area contributed by atoms with Gasteiger partial charge in [-0.3, -0.25) is 9.69 Å². The summed E-state index contributed by atoms with van der Waals surface area (Å²) in [6.07, 6.45) is 1.19. The van der Waals surface area contributed by atoms with Gasteiger partial charge in [-0.25, -0.2) is 0 Å². The lowest BCUT2D eigenvalue weighted by atomic mass is 10.1. The highest BCUT2D eigenvalue weighted by molar-refractivity contribution is 7.10. The maximum absolute atomic E-state index is 12.0. The molecule has 2 rings (SSSR count). The zero-order valence-corrected chi connectivity index (χ0v) is 13.7. The van der Waals surface area contributed by atoms with Gasteiger partial charge in [0.05, 0.1) is 12.6 Å². The van der Waals surface area contributed by atoms with Gasteiger partial charge in [-0.1, -0.05) is 6.07 Å². The van der Waals surface area contributed by atoms with Crippen LogP contribution in [0, 0.1) is 5.92 Å². The van der Waals surface area contributed by atoms with Gasteiger partial charge >= 0.3 is 0 Å². The Balaban J connectivity index is 0.00000200. The average molecular weight is 318 g/mol. The molecule has 4 nitrogen and oxygen atoms in total. The summed E-state index contributed by atoms with van der Waals surface area (Å²) in [6, 6.07) is 4.20. The molecule has 1 aliphatic heterocycles. The number of nitrogens with one attached hydrogen (secondary N) is 2. The molecule has 0 aliphatic carbocycles. The molecule has 1 aliphatic rings. The van der Waals surface area contributed by atoms with Crippen LogP contribution in [0.1, 0.15) is 24.3 Å². The van der Waals surface area contributed by atoms with Crippen LogP contribution in [-0.2, 0) is 4.79 Å². The van der Waals surface area contributed by atoms with E-state index in [0.717, 1.165) is 19.6 Å². The summed E-state index contributed by atoms with van der Waals surface area (Å²) in [5.41, 5.74) is 0. The first-order chi connectivity index (χ1) is 9.19. The van der Waals surface area contributed by atoms with E-state index < -0.39 is 0 Å². The minimum Gasteiger partial charge on any atom is -0.348 e. The van der Waals surface area contributed by atoms with Gasteiger partial charge in [-0.2, -0.15) is 0 Å². The third kappa shape index (κ3) is 5.05. The second kappa shape index (κ2) is 8.62. The number of amides is 1. The van der Waals surface area contributed by atoms with Gasteiger partial charge in [0.25, 0.3) is 0 Å². The highest BCUT2D eigenvalue weighted by Crippen LogP contribution is 2.18. The molecule has 1 saturated heterocycles. The third-order valence-corrected chi connectivity index (χ3v) is 4.63. The van der Waals surface area contributed by atoms with Crippen molar-refractivity contribution in [3.63, 3.8) is 0 Å². The predicted octanol–water partition coefficient (Wildman–Crippen LogP) is 1.89. The number of halogens is 1. The van der Waals surface area contributed by atoms with Crippen LogP contribution in [-0.4, -0.2) is 44.0 Å². The third-order valence-electron chi connectivity index (χ3n) is 3.58. The molecule has 1 amide bonds. The van der Waals surface area contributed by atoms with E-state index in [1.54, 1.807) is 11.3 Å². The summed E-state index contributed by atoms with van der Waals surface area (Å²) in [6.45, 7) is 5.67. The summed E-state index contributed by atoms with van der Waals surface area (Å²) >= 11 is 1.69. The molecule has 2 atom stereocenters. The molecule has 114 valence electrons. The fraction of sp³-hybridized carbons (Fsp3) is 0.643. The number of carbonyl (C=O) groups is 1. The van der Waals surface area contributed by atoms with Crippen molar-refractivity contribution in [2.45, 2.75) is 19.4 Å². The van der Waals surface area contributed by atoms with E-state index in [0.29, 0.717) is 12.5 Å². The number of nitrogens with zero attached hydrogens (tertiary/aromatic N) is 1. The number of carbonyl (C=O) groups excluding carboxylic acids is 1. The second-order valence-corrected chi connectivity index (χ2v) is 6.23. The number of thiophene rings is 1. The smallest absolute Gasteiger partial charge is 0.234 e. The van der Waals surface area contributed by atoms with Gasteiger partial charge in [-0.05, 0) is 50.8 Å². The first-order valence-corrected chi connectivity index (χ1v) is 7.76. The van der Waals surface area contributed by atoms with Crippen LogP contribution in [0.3, 0.4) is 0 Å². The first kappa shape index (κ1) is 17.4. The summed E-state index contributed by atoms with van der Waals surface area (Å²) < 4.78 is 0. The molecule has 0 radical (unpaired) electrons. The van der Waals surface area contributed by atoms with Crippen LogP contribution in [0.25, 0.3) is 0 Å². The van der Waals surface area contributed by atoms with E-state index in [1.807, 2.05) is 25.4 Å².